The molecule has 0 aliphatic heterocycles. The maximum absolute atomic E-state index is 11.9. The molecule has 1 atom stereocenters. The average Bonchev–Trinajstić information content (AvgIpc) is 2.45. The van der Waals surface area contributed by atoms with E-state index in [1.807, 2.05) is 0 Å². The van der Waals surface area contributed by atoms with Crippen LogP contribution in [0.15, 0.2) is 12.7 Å². The molecule has 2 N–H and O–H groups in total. The van der Waals surface area contributed by atoms with E-state index < -0.39 is 0 Å². The Bertz CT molecular complexity index is 192. The molecule has 1 unspecified atom stereocenters. The van der Waals surface area contributed by atoms with Gasteiger partial charge < -0.3 is 5.73 Å². The van der Waals surface area contributed by atoms with Gasteiger partial charge in [-0.3, -0.25) is 4.79 Å². The van der Waals surface area contributed by atoms with Crippen LogP contribution in [0.3, 0.4) is 0 Å². The maximum Gasteiger partial charge on any atom is 0.152 e. The predicted molar refractivity (Wildman–Crippen MR) is 59.0 cm³/mol. The fourth-order valence-corrected chi connectivity index (χ4v) is 2.16. The minimum atomic E-state index is -0.310. The van der Waals surface area contributed by atoms with Crippen LogP contribution in [-0.4, -0.2) is 11.8 Å². The van der Waals surface area contributed by atoms with Crippen LogP contribution >= 0.6 is 0 Å². The number of hydrogen-bond acceptors (Lipinski definition) is 2. The Hall–Kier alpha value is -0.630. The Morgan fingerprint density at radius 2 is 1.93 bits per heavy atom. The molecule has 1 saturated carbocycles. The highest BCUT2D eigenvalue weighted by atomic mass is 16.1. The maximum atomic E-state index is 11.9. The molecule has 80 valence electrons. The van der Waals surface area contributed by atoms with E-state index >= 15 is 0 Å². The lowest BCUT2D eigenvalue weighted by molar-refractivity contribution is -0.124. The summed E-state index contributed by atoms with van der Waals surface area (Å²) in [7, 11) is 0. The Morgan fingerprint density at radius 1 is 1.36 bits per heavy atom. The van der Waals surface area contributed by atoms with E-state index in [1.165, 1.54) is 25.7 Å². The number of carbonyl (C=O) groups is 1. The van der Waals surface area contributed by atoms with E-state index in [2.05, 4.69) is 6.58 Å². The largest absolute Gasteiger partial charge is 0.321 e. The SMILES string of the molecule is C=CCC(N)C(=O)C1CCCCCC1. The highest BCUT2D eigenvalue weighted by Gasteiger charge is 2.23. The standard InChI is InChI=1S/C12H21NO/c1-2-7-11(13)12(14)10-8-5-3-4-6-9-10/h2,10-11H,1,3-9,13H2. The second-order valence-electron chi connectivity index (χ2n) is 4.22. The van der Waals surface area contributed by atoms with Gasteiger partial charge >= 0.3 is 0 Å². The van der Waals surface area contributed by atoms with E-state index in [1.54, 1.807) is 6.08 Å². The van der Waals surface area contributed by atoms with Crippen molar-refractivity contribution in [3.63, 3.8) is 0 Å². The third-order valence-electron chi connectivity index (χ3n) is 3.04. The lowest BCUT2D eigenvalue weighted by atomic mass is 9.90. The molecule has 1 aliphatic rings. The molecular weight excluding hydrogens is 174 g/mol. The summed E-state index contributed by atoms with van der Waals surface area (Å²) in [5.41, 5.74) is 5.79. The molecule has 1 aliphatic carbocycles. The van der Waals surface area contributed by atoms with Crippen molar-refractivity contribution < 1.29 is 4.79 Å². The highest BCUT2D eigenvalue weighted by molar-refractivity contribution is 5.86. The summed E-state index contributed by atoms with van der Waals surface area (Å²) in [6, 6.07) is -0.310. The summed E-state index contributed by atoms with van der Waals surface area (Å²) < 4.78 is 0. The Kier molecular flexibility index (Phi) is 4.88. The summed E-state index contributed by atoms with van der Waals surface area (Å²) in [6.45, 7) is 3.61. The van der Waals surface area contributed by atoms with Crippen molar-refractivity contribution in [1.29, 1.82) is 0 Å². The molecule has 0 aromatic carbocycles. The van der Waals surface area contributed by atoms with Crippen LogP contribution < -0.4 is 5.73 Å². The quantitative estimate of drug-likeness (QED) is 0.553. The number of ketones is 1. The monoisotopic (exact) mass is 195 g/mol. The summed E-state index contributed by atoms with van der Waals surface area (Å²) >= 11 is 0. The molecule has 0 amide bonds. The van der Waals surface area contributed by atoms with Crippen molar-refractivity contribution in [2.24, 2.45) is 11.7 Å². The van der Waals surface area contributed by atoms with Crippen LogP contribution in [0.25, 0.3) is 0 Å². The number of hydrogen-bond donors (Lipinski definition) is 1. The Labute approximate surface area is 86.6 Å². The fraction of sp³-hybridized carbons (Fsp3) is 0.750. The molecule has 0 saturated heterocycles. The van der Waals surface area contributed by atoms with Crippen molar-refractivity contribution in [1.82, 2.24) is 0 Å². The Balaban J connectivity index is 2.44. The van der Waals surface area contributed by atoms with Gasteiger partial charge in [0.25, 0.3) is 0 Å². The van der Waals surface area contributed by atoms with Gasteiger partial charge in [0.1, 0.15) is 0 Å². The van der Waals surface area contributed by atoms with Crippen LogP contribution in [0.2, 0.25) is 0 Å². The predicted octanol–water partition coefficient (Wildman–Crippen LogP) is 2.43. The molecule has 2 heteroatoms. The van der Waals surface area contributed by atoms with Crippen LogP contribution in [-0.2, 0) is 4.79 Å². The second-order valence-corrected chi connectivity index (χ2v) is 4.22. The molecule has 14 heavy (non-hydrogen) atoms. The van der Waals surface area contributed by atoms with Gasteiger partial charge in [-0.1, -0.05) is 31.8 Å². The van der Waals surface area contributed by atoms with Gasteiger partial charge in [0.15, 0.2) is 5.78 Å². The first-order chi connectivity index (χ1) is 6.75. The highest BCUT2D eigenvalue weighted by Crippen LogP contribution is 2.24. The number of Topliss-reactive ketones (excluding diaryl/α,β-unsaturated/α-hetero) is 1. The van der Waals surface area contributed by atoms with Crippen molar-refractivity contribution in [2.75, 3.05) is 0 Å². The van der Waals surface area contributed by atoms with Gasteiger partial charge in [-0.05, 0) is 19.3 Å². The second kappa shape index (κ2) is 5.97. The van der Waals surface area contributed by atoms with Crippen molar-refractivity contribution in [3.05, 3.63) is 12.7 Å². The summed E-state index contributed by atoms with van der Waals surface area (Å²) in [6.07, 6.45) is 9.39. The van der Waals surface area contributed by atoms with E-state index in [4.69, 9.17) is 5.73 Å². The van der Waals surface area contributed by atoms with Crippen LogP contribution in [0.4, 0.5) is 0 Å². The lowest BCUT2D eigenvalue weighted by Gasteiger charge is -2.16. The molecule has 0 spiro atoms. The minimum absolute atomic E-state index is 0.229. The van der Waals surface area contributed by atoms with Gasteiger partial charge in [0.05, 0.1) is 6.04 Å². The normalized spacial score (nSPS) is 21.2. The van der Waals surface area contributed by atoms with Gasteiger partial charge in [-0.25, -0.2) is 0 Å². The smallest absolute Gasteiger partial charge is 0.152 e. The molecular formula is C12H21NO. The molecule has 0 aromatic rings. The summed E-state index contributed by atoms with van der Waals surface area (Å²) in [5, 5.41) is 0. The number of carbonyl (C=O) groups excluding carboxylic acids is 1. The van der Waals surface area contributed by atoms with Crippen molar-refractivity contribution in [2.45, 2.75) is 51.0 Å². The van der Waals surface area contributed by atoms with Crippen LogP contribution in [0.5, 0.6) is 0 Å². The van der Waals surface area contributed by atoms with Crippen LogP contribution in [0, 0.1) is 5.92 Å². The van der Waals surface area contributed by atoms with E-state index in [0.717, 1.165) is 12.8 Å². The zero-order valence-corrected chi connectivity index (χ0v) is 8.87. The lowest BCUT2D eigenvalue weighted by Crippen LogP contribution is -2.35. The van der Waals surface area contributed by atoms with Crippen molar-refractivity contribution in [3.8, 4) is 0 Å². The molecule has 1 fully saturated rings. The molecule has 0 bridgehead atoms. The number of nitrogens with two attached hydrogens (primary N) is 1. The average molecular weight is 195 g/mol. The zero-order chi connectivity index (χ0) is 10.4. The molecule has 0 aromatic heterocycles. The molecule has 1 rings (SSSR count). The van der Waals surface area contributed by atoms with Gasteiger partial charge in [-0.2, -0.15) is 0 Å². The van der Waals surface area contributed by atoms with E-state index in [0.29, 0.717) is 6.42 Å². The fourth-order valence-electron chi connectivity index (χ4n) is 2.16. The summed E-state index contributed by atoms with van der Waals surface area (Å²) in [5.74, 6) is 0.485. The number of rotatable bonds is 4. The summed E-state index contributed by atoms with van der Waals surface area (Å²) in [4.78, 5) is 11.9. The first-order valence-corrected chi connectivity index (χ1v) is 5.66. The Morgan fingerprint density at radius 3 is 2.43 bits per heavy atom. The third kappa shape index (κ3) is 3.26. The zero-order valence-electron chi connectivity index (χ0n) is 8.87. The first kappa shape index (κ1) is 11.4. The molecule has 2 nitrogen and oxygen atoms in total. The first-order valence-electron chi connectivity index (χ1n) is 5.66. The molecule has 0 radical (unpaired) electrons. The van der Waals surface area contributed by atoms with Crippen LogP contribution in [0.1, 0.15) is 44.9 Å². The van der Waals surface area contributed by atoms with Gasteiger partial charge in [-0.15, -0.1) is 6.58 Å². The van der Waals surface area contributed by atoms with Gasteiger partial charge in [0.2, 0.25) is 0 Å². The third-order valence-corrected chi connectivity index (χ3v) is 3.04. The van der Waals surface area contributed by atoms with Gasteiger partial charge in [0, 0.05) is 5.92 Å². The van der Waals surface area contributed by atoms with E-state index in [-0.39, 0.29) is 17.7 Å². The molecule has 0 heterocycles. The van der Waals surface area contributed by atoms with Crippen molar-refractivity contribution >= 4 is 5.78 Å². The minimum Gasteiger partial charge on any atom is -0.321 e. The van der Waals surface area contributed by atoms with E-state index in [9.17, 15) is 4.79 Å². The topological polar surface area (TPSA) is 43.1 Å².